The summed E-state index contributed by atoms with van der Waals surface area (Å²) in [6, 6.07) is 10.3. The molecular weight excluding hydrogens is 356 g/mol. The van der Waals surface area contributed by atoms with Crippen molar-refractivity contribution in [2.24, 2.45) is 0 Å². The molecule has 0 atom stereocenters. The Morgan fingerprint density at radius 3 is 2.80 bits per heavy atom. The van der Waals surface area contributed by atoms with Gasteiger partial charge in [0.2, 0.25) is 10.0 Å². The van der Waals surface area contributed by atoms with Crippen molar-refractivity contribution in [3.8, 4) is 6.07 Å². The molecule has 130 valence electrons. The van der Waals surface area contributed by atoms with Crippen LogP contribution in [0.25, 0.3) is 0 Å². The summed E-state index contributed by atoms with van der Waals surface area (Å²) >= 11 is 1.76. The predicted molar refractivity (Wildman–Crippen MR) is 94.8 cm³/mol. The molecule has 1 saturated heterocycles. The monoisotopic (exact) mass is 374 g/mol. The molecule has 0 radical (unpaired) electrons. The molecule has 4 rings (SSSR count). The van der Waals surface area contributed by atoms with Gasteiger partial charge in [-0.3, -0.25) is 0 Å². The number of thiophene rings is 1. The first-order valence-corrected chi connectivity index (χ1v) is 10.6. The second-order valence-electron chi connectivity index (χ2n) is 6.39. The highest BCUT2D eigenvalue weighted by molar-refractivity contribution is 7.89. The number of nitrogens with zero attached hydrogens (tertiary/aromatic N) is 2. The maximum atomic E-state index is 12.9. The second kappa shape index (κ2) is 6.22. The zero-order valence-corrected chi connectivity index (χ0v) is 15.3. The van der Waals surface area contributed by atoms with Gasteiger partial charge in [-0.1, -0.05) is 6.07 Å². The van der Waals surface area contributed by atoms with Gasteiger partial charge in [-0.15, -0.1) is 11.3 Å². The standard InChI is InChI=1S/C18H18N2O3S2/c19-13-14-2-1-3-15(12-14)25(21,22)20-8-6-18(7-9-20)16-5-11-24-17(16)4-10-23-18/h1-3,5,11-12H,4,6-10H2. The van der Waals surface area contributed by atoms with Crippen molar-refractivity contribution < 1.29 is 13.2 Å². The first-order valence-electron chi connectivity index (χ1n) is 8.26. The van der Waals surface area contributed by atoms with E-state index >= 15 is 0 Å². The van der Waals surface area contributed by atoms with Crippen LogP contribution in [0.5, 0.6) is 0 Å². The summed E-state index contributed by atoms with van der Waals surface area (Å²) in [5.74, 6) is 0. The van der Waals surface area contributed by atoms with Crippen molar-refractivity contribution in [2.75, 3.05) is 19.7 Å². The number of rotatable bonds is 2. The Morgan fingerprint density at radius 2 is 2.04 bits per heavy atom. The summed E-state index contributed by atoms with van der Waals surface area (Å²) in [6.07, 6.45) is 2.26. The minimum Gasteiger partial charge on any atom is -0.370 e. The zero-order chi connectivity index (χ0) is 17.5. The molecule has 0 aliphatic carbocycles. The molecule has 2 aliphatic heterocycles. The molecule has 1 aromatic heterocycles. The number of fused-ring (bicyclic) bond motifs is 2. The van der Waals surface area contributed by atoms with Gasteiger partial charge in [-0.05, 0) is 48.1 Å². The summed E-state index contributed by atoms with van der Waals surface area (Å²) in [4.78, 5) is 1.55. The molecule has 0 unspecified atom stereocenters. The number of hydrogen-bond donors (Lipinski definition) is 0. The highest BCUT2D eigenvalue weighted by Crippen LogP contribution is 2.44. The number of ether oxygens (including phenoxy) is 1. The van der Waals surface area contributed by atoms with E-state index in [1.165, 1.54) is 20.8 Å². The number of hydrogen-bond acceptors (Lipinski definition) is 5. The predicted octanol–water partition coefficient (Wildman–Crippen LogP) is 2.87. The van der Waals surface area contributed by atoms with Crippen molar-refractivity contribution >= 4 is 21.4 Å². The number of nitriles is 1. The topological polar surface area (TPSA) is 70.4 Å². The van der Waals surface area contributed by atoms with E-state index in [9.17, 15) is 8.42 Å². The molecule has 2 aromatic rings. The lowest BCUT2D eigenvalue weighted by Crippen LogP contribution is -2.47. The van der Waals surface area contributed by atoms with Crippen LogP contribution in [-0.2, 0) is 26.8 Å². The van der Waals surface area contributed by atoms with Crippen LogP contribution < -0.4 is 0 Å². The maximum absolute atomic E-state index is 12.9. The van der Waals surface area contributed by atoms with E-state index in [-0.39, 0.29) is 10.5 Å². The third-order valence-electron chi connectivity index (χ3n) is 5.07. The average molecular weight is 374 g/mol. The number of piperidine rings is 1. The maximum Gasteiger partial charge on any atom is 0.243 e. The Balaban J connectivity index is 1.57. The van der Waals surface area contributed by atoms with Gasteiger partial charge < -0.3 is 4.74 Å². The van der Waals surface area contributed by atoms with Crippen molar-refractivity contribution in [3.63, 3.8) is 0 Å². The van der Waals surface area contributed by atoms with E-state index in [4.69, 9.17) is 10.00 Å². The largest absolute Gasteiger partial charge is 0.370 e. The lowest BCUT2D eigenvalue weighted by molar-refractivity contribution is -0.0882. The van der Waals surface area contributed by atoms with E-state index in [0.29, 0.717) is 38.1 Å². The molecule has 1 fully saturated rings. The van der Waals surface area contributed by atoms with Crippen molar-refractivity contribution in [1.82, 2.24) is 4.31 Å². The molecule has 0 saturated carbocycles. The minimum absolute atomic E-state index is 0.184. The van der Waals surface area contributed by atoms with Gasteiger partial charge in [-0.25, -0.2) is 8.42 Å². The number of sulfonamides is 1. The van der Waals surface area contributed by atoms with Gasteiger partial charge >= 0.3 is 0 Å². The Bertz CT molecular complexity index is 935. The molecule has 1 spiro atoms. The van der Waals surface area contributed by atoms with Crippen LogP contribution in [0.2, 0.25) is 0 Å². The van der Waals surface area contributed by atoms with Gasteiger partial charge in [0.05, 0.1) is 28.7 Å². The molecule has 3 heterocycles. The van der Waals surface area contributed by atoms with Crippen molar-refractivity contribution in [2.45, 2.75) is 29.8 Å². The fourth-order valence-electron chi connectivity index (χ4n) is 3.73. The fraction of sp³-hybridized carbons (Fsp3) is 0.389. The highest BCUT2D eigenvalue weighted by Gasteiger charge is 2.43. The first kappa shape index (κ1) is 16.7. The van der Waals surface area contributed by atoms with Crippen LogP contribution >= 0.6 is 11.3 Å². The smallest absolute Gasteiger partial charge is 0.243 e. The zero-order valence-electron chi connectivity index (χ0n) is 13.6. The third kappa shape index (κ3) is 2.79. The Kier molecular flexibility index (Phi) is 4.16. The quantitative estimate of drug-likeness (QED) is 0.810. The second-order valence-corrected chi connectivity index (χ2v) is 9.33. The molecule has 0 amide bonds. The number of benzene rings is 1. The fourth-order valence-corrected chi connectivity index (χ4v) is 6.17. The molecule has 0 N–H and O–H groups in total. The average Bonchev–Trinajstić information content (AvgIpc) is 3.13. The summed E-state index contributed by atoms with van der Waals surface area (Å²) in [5.41, 5.74) is 1.26. The highest BCUT2D eigenvalue weighted by atomic mass is 32.2. The van der Waals surface area contributed by atoms with E-state index in [1.807, 2.05) is 6.07 Å². The first-order chi connectivity index (χ1) is 12.0. The Labute approximate surface area is 151 Å². The third-order valence-corrected chi connectivity index (χ3v) is 7.95. The molecule has 0 bridgehead atoms. The SMILES string of the molecule is N#Cc1cccc(S(=O)(=O)N2CCC3(CC2)OCCc2sccc23)c1. The normalized spacial score (nSPS) is 20.1. The Hall–Kier alpha value is -1.72. The van der Waals surface area contributed by atoms with Gasteiger partial charge in [0, 0.05) is 24.4 Å². The summed E-state index contributed by atoms with van der Waals surface area (Å²) in [5, 5.41) is 11.1. The van der Waals surface area contributed by atoms with Gasteiger partial charge in [-0.2, -0.15) is 9.57 Å². The van der Waals surface area contributed by atoms with Crippen LogP contribution in [0.15, 0.2) is 40.6 Å². The lowest BCUT2D eigenvalue weighted by atomic mass is 9.83. The van der Waals surface area contributed by atoms with E-state index < -0.39 is 10.0 Å². The van der Waals surface area contributed by atoms with Gasteiger partial charge in [0.1, 0.15) is 0 Å². The van der Waals surface area contributed by atoms with Crippen LogP contribution in [0.4, 0.5) is 0 Å². The Morgan fingerprint density at radius 1 is 1.24 bits per heavy atom. The van der Waals surface area contributed by atoms with E-state index in [0.717, 1.165) is 6.42 Å². The van der Waals surface area contributed by atoms with Gasteiger partial charge in [0.15, 0.2) is 0 Å². The summed E-state index contributed by atoms with van der Waals surface area (Å²) in [6.45, 7) is 1.55. The molecule has 2 aliphatic rings. The summed E-state index contributed by atoms with van der Waals surface area (Å²) in [7, 11) is -3.58. The van der Waals surface area contributed by atoms with E-state index in [1.54, 1.807) is 29.5 Å². The van der Waals surface area contributed by atoms with Crippen LogP contribution in [0.3, 0.4) is 0 Å². The molecule has 1 aromatic carbocycles. The molecular formula is C18H18N2O3S2. The minimum atomic E-state index is -3.58. The van der Waals surface area contributed by atoms with E-state index in [2.05, 4.69) is 11.4 Å². The molecule has 25 heavy (non-hydrogen) atoms. The van der Waals surface area contributed by atoms with Crippen LogP contribution in [0, 0.1) is 11.3 Å². The van der Waals surface area contributed by atoms with Gasteiger partial charge in [0.25, 0.3) is 0 Å². The lowest BCUT2D eigenvalue weighted by Gasteiger charge is -2.43. The van der Waals surface area contributed by atoms with Crippen molar-refractivity contribution in [1.29, 1.82) is 5.26 Å². The molecule has 7 heteroatoms. The van der Waals surface area contributed by atoms with Crippen molar-refractivity contribution in [3.05, 3.63) is 51.7 Å². The molecule has 5 nitrogen and oxygen atoms in total. The van der Waals surface area contributed by atoms with Crippen LogP contribution in [0.1, 0.15) is 28.8 Å². The van der Waals surface area contributed by atoms with Crippen LogP contribution in [-0.4, -0.2) is 32.4 Å². The summed E-state index contributed by atoms with van der Waals surface area (Å²) < 4.78 is 33.4.